The van der Waals surface area contributed by atoms with Crippen LogP contribution in [0.1, 0.15) is 47.0 Å². The van der Waals surface area contributed by atoms with E-state index in [0.717, 1.165) is 0 Å². The molecule has 0 radical (unpaired) electrons. The number of hydrogen-bond donors (Lipinski definition) is 0. The topological polar surface area (TPSA) is 96.0 Å². The number of rotatable bonds is 5. The van der Waals surface area contributed by atoms with Gasteiger partial charge in [-0.2, -0.15) is 0 Å². The van der Waals surface area contributed by atoms with E-state index in [1.165, 1.54) is 63.8 Å². The average Bonchev–Trinajstić information content (AvgIpc) is 2.71. The van der Waals surface area contributed by atoms with Gasteiger partial charge in [0.15, 0.2) is 5.78 Å². The smallest absolute Gasteiger partial charge is 0.338 e. The van der Waals surface area contributed by atoms with Gasteiger partial charge in [0, 0.05) is 11.1 Å². The van der Waals surface area contributed by atoms with Crippen LogP contribution in [0.4, 0.5) is 0 Å². The zero-order valence-corrected chi connectivity index (χ0v) is 14.4. The molecule has 26 heavy (non-hydrogen) atoms. The van der Waals surface area contributed by atoms with Gasteiger partial charge in [-0.15, -0.1) is 0 Å². The van der Waals surface area contributed by atoms with E-state index >= 15 is 0 Å². The fourth-order valence-corrected chi connectivity index (χ4v) is 2.30. The summed E-state index contributed by atoms with van der Waals surface area (Å²) in [4.78, 5) is 48.0. The number of ether oxygens (including phenoxy) is 3. The summed E-state index contributed by atoms with van der Waals surface area (Å²) in [5.41, 5.74) is 0.632. The third-order valence-electron chi connectivity index (χ3n) is 3.66. The van der Waals surface area contributed by atoms with Gasteiger partial charge in [0.05, 0.1) is 38.0 Å². The van der Waals surface area contributed by atoms with Crippen molar-refractivity contribution < 1.29 is 33.4 Å². The molecule has 0 aliphatic carbocycles. The Hall–Kier alpha value is -3.48. The lowest BCUT2D eigenvalue weighted by molar-refractivity contribution is 0.0585. The van der Waals surface area contributed by atoms with E-state index in [2.05, 4.69) is 14.2 Å². The maximum absolute atomic E-state index is 12.8. The van der Waals surface area contributed by atoms with E-state index in [1.807, 2.05) is 0 Å². The number of carbonyl (C=O) groups excluding carboxylic acids is 4. The normalized spacial score (nSPS) is 9.96. The molecule has 0 saturated carbocycles. The van der Waals surface area contributed by atoms with Crippen molar-refractivity contribution in [1.82, 2.24) is 0 Å². The highest BCUT2D eigenvalue weighted by molar-refractivity contribution is 6.15. The zero-order chi connectivity index (χ0) is 19.3. The molecular weight excluding hydrogens is 340 g/mol. The Morgan fingerprint density at radius 1 is 0.577 bits per heavy atom. The Labute approximate surface area is 149 Å². The third-order valence-corrected chi connectivity index (χ3v) is 3.66. The fraction of sp³-hybridized carbons (Fsp3) is 0.158. The number of hydrogen-bond acceptors (Lipinski definition) is 7. The minimum atomic E-state index is -0.712. The third kappa shape index (κ3) is 3.77. The first-order valence-corrected chi connectivity index (χ1v) is 7.46. The van der Waals surface area contributed by atoms with Crippen molar-refractivity contribution in [3.63, 3.8) is 0 Å². The Morgan fingerprint density at radius 2 is 1.04 bits per heavy atom. The van der Waals surface area contributed by atoms with Crippen LogP contribution in [0.25, 0.3) is 0 Å². The maximum atomic E-state index is 12.8. The largest absolute Gasteiger partial charge is 0.465 e. The summed E-state index contributed by atoms with van der Waals surface area (Å²) < 4.78 is 13.9. The molecule has 0 amide bonds. The van der Waals surface area contributed by atoms with Crippen LogP contribution in [0.2, 0.25) is 0 Å². The van der Waals surface area contributed by atoms with Crippen molar-refractivity contribution in [2.75, 3.05) is 21.3 Å². The van der Waals surface area contributed by atoms with E-state index < -0.39 is 23.7 Å². The minimum Gasteiger partial charge on any atom is -0.465 e. The SMILES string of the molecule is COC(=O)c1ccc(C(=O)c2cc(C(=O)OC)ccc2C(=O)OC)cc1. The van der Waals surface area contributed by atoms with Crippen LogP contribution in [0.3, 0.4) is 0 Å². The monoisotopic (exact) mass is 356 g/mol. The molecule has 2 rings (SSSR count). The molecule has 7 heteroatoms. The van der Waals surface area contributed by atoms with Gasteiger partial charge in [-0.05, 0) is 30.3 Å². The van der Waals surface area contributed by atoms with Crippen molar-refractivity contribution >= 4 is 23.7 Å². The number of benzene rings is 2. The molecule has 0 aromatic heterocycles. The highest BCUT2D eigenvalue weighted by Crippen LogP contribution is 2.19. The quantitative estimate of drug-likeness (QED) is 0.461. The highest BCUT2D eigenvalue weighted by Gasteiger charge is 2.21. The number of methoxy groups -OCH3 is 3. The molecule has 7 nitrogen and oxygen atoms in total. The number of ketones is 1. The van der Waals surface area contributed by atoms with E-state index in [1.54, 1.807) is 0 Å². The molecule has 0 spiro atoms. The molecule has 0 N–H and O–H groups in total. The predicted molar refractivity (Wildman–Crippen MR) is 90.3 cm³/mol. The van der Waals surface area contributed by atoms with Crippen molar-refractivity contribution in [3.8, 4) is 0 Å². The van der Waals surface area contributed by atoms with Gasteiger partial charge < -0.3 is 14.2 Å². The molecular formula is C19H16O7. The Bertz CT molecular complexity index is 866. The number of carbonyl (C=O) groups is 4. The molecule has 0 aliphatic heterocycles. The second kappa shape index (κ2) is 8.06. The molecule has 2 aromatic carbocycles. The number of esters is 3. The zero-order valence-electron chi connectivity index (χ0n) is 14.4. The van der Waals surface area contributed by atoms with Crippen LogP contribution >= 0.6 is 0 Å². The maximum Gasteiger partial charge on any atom is 0.338 e. The molecule has 0 atom stereocenters. The van der Waals surface area contributed by atoms with Gasteiger partial charge >= 0.3 is 17.9 Å². The Balaban J connectivity index is 2.50. The van der Waals surface area contributed by atoms with Crippen LogP contribution < -0.4 is 0 Å². The van der Waals surface area contributed by atoms with E-state index in [4.69, 9.17) is 0 Å². The summed E-state index contributed by atoms with van der Waals surface area (Å²) in [5.74, 6) is -2.40. The first-order valence-electron chi connectivity index (χ1n) is 7.46. The molecule has 0 unspecified atom stereocenters. The van der Waals surface area contributed by atoms with Crippen molar-refractivity contribution in [2.24, 2.45) is 0 Å². The van der Waals surface area contributed by atoms with E-state index in [0.29, 0.717) is 0 Å². The summed E-state index contributed by atoms with van der Waals surface area (Å²) in [5, 5.41) is 0. The van der Waals surface area contributed by atoms with Crippen LogP contribution in [-0.4, -0.2) is 45.0 Å². The van der Waals surface area contributed by atoms with Gasteiger partial charge in [0.25, 0.3) is 0 Å². The minimum absolute atomic E-state index is 0.00873. The molecule has 0 saturated heterocycles. The molecule has 2 aromatic rings. The Kier molecular flexibility index (Phi) is 5.85. The highest BCUT2D eigenvalue weighted by atomic mass is 16.5. The van der Waals surface area contributed by atoms with Crippen LogP contribution in [-0.2, 0) is 14.2 Å². The fourth-order valence-electron chi connectivity index (χ4n) is 2.30. The summed E-state index contributed by atoms with van der Waals surface area (Å²) in [7, 11) is 3.65. The summed E-state index contributed by atoms with van der Waals surface area (Å²) >= 11 is 0. The summed E-state index contributed by atoms with van der Waals surface area (Å²) in [6.45, 7) is 0. The van der Waals surface area contributed by atoms with Crippen molar-refractivity contribution in [3.05, 3.63) is 70.3 Å². The van der Waals surface area contributed by atoms with Crippen molar-refractivity contribution in [2.45, 2.75) is 0 Å². The second-order valence-corrected chi connectivity index (χ2v) is 5.14. The van der Waals surface area contributed by atoms with Crippen molar-refractivity contribution in [1.29, 1.82) is 0 Å². The summed E-state index contributed by atoms with van der Waals surface area (Å²) in [6, 6.07) is 9.70. The lowest BCUT2D eigenvalue weighted by Gasteiger charge is -2.09. The van der Waals surface area contributed by atoms with Gasteiger partial charge in [-0.3, -0.25) is 4.79 Å². The predicted octanol–water partition coefficient (Wildman–Crippen LogP) is 2.28. The lowest BCUT2D eigenvalue weighted by atomic mass is 9.95. The van der Waals surface area contributed by atoms with Crippen LogP contribution in [0, 0.1) is 0 Å². The van der Waals surface area contributed by atoms with Crippen LogP contribution in [0.5, 0.6) is 0 Å². The standard InChI is InChI=1S/C19H16O7/c1-24-17(21)12-6-4-11(5-7-12)16(20)15-10-13(18(22)25-2)8-9-14(15)19(23)26-3/h4-10H,1-3H3. The Morgan fingerprint density at radius 3 is 1.58 bits per heavy atom. The van der Waals surface area contributed by atoms with Gasteiger partial charge in [0.2, 0.25) is 0 Å². The summed E-state index contributed by atoms with van der Waals surface area (Å²) in [6.07, 6.45) is 0. The van der Waals surface area contributed by atoms with Crippen LogP contribution in [0.15, 0.2) is 42.5 Å². The first kappa shape index (κ1) is 18.9. The van der Waals surface area contributed by atoms with E-state index in [9.17, 15) is 19.2 Å². The van der Waals surface area contributed by atoms with Gasteiger partial charge in [0.1, 0.15) is 0 Å². The van der Waals surface area contributed by atoms with Gasteiger partial charge in [-0.1, -0.05) is 12.1 Å². The molecule has 0 bridgehead atoms. The van der Waals surface area contributed by atoms with Gasteiger partial charge in [-0.25, -0.2) is 14.4 Å². The molecule has 0 aliphatic rings. The first-order chi connectivity index (χ1) is 12.4. The average molecular weight is 356 g/mol. The molecule has 134 valence electrons. The molecule has 0 heterocycles. The molecule has 0 fully saturated rings. The lowest BCUT2D eigenvalue weighted by Crippen LogP contribution is -2.14. The second-order valence-electron chi connectivity index (χ2n) is 5.14. The van der Waals surface area contributed by atoms with E-state index in [-0.39, 0.29) is 27.8 Å².